The summed E-state index contributed by atoms with van der Waals surface area (Å²) in [5.74, 6) is 0.145. The van der Waals surface area contributed by atoms with Crippen LogP contribution in [0.15, 0.2) is 18.2 Å². The van der Waals surface area contributed by atoms with Gasteiger partial charge in [-0.15, -0.1) is 0 Å². The zero-order valence-electron chi connectivity index (χ0n) is 8.42. The van der Waals surface area contributed by atoms with Crippen LogP contribution in [-0.4, -0.2) is 17.3 Å². The second kappa shape index (κ2) is 5.23. The van der Waals surface area contributed by atoms with Gasteiger partial charge < -0.3 is 4.90 Å². The highest BCUT2D eigenvalue weighted by Crippen LogP contribution is 2.30. The molecule has 0 radical (unpaired) electrons. The number of rotatable bonds is 1. The minimum Gasteiger partial charge on any atom is -0.310 e. The highest BCUT2D eigenvalue weighted by atomic mass is 127. The standard InChI is InChI=1S/C11H10BrClINO/c12-8-2-1-5-15(11(8)16)10-4-3-7(13)6-9(10)14/h3-4,6,8H,1-2,5H2. The summed E-state index contributed by atoms with van der Waals surface area (Å²) < 4.78 is 1.01. The van der Waals surface area contributed by atoms with Crippen LogP contribution in [0.25, 0.3) is 0 Å². The first kappa shape index (κ1) is 12.6. The van der Waals surface area contributed by atoms with Gasteiger partial charge in [0.1, 0.15) is 0 Å². The quantitative estimate of drug-likeness (QED) is 0.505. The maximum absolute atomic E-state index is 12.0. The third-order valence-electron chi connectivity index (χ3n) is 2.57. The molecule has 0 aromatic heterocycles. The van der Waals surface area contributed by atoms with Gasteiger partial charge in [-0.05, 0) is 53.6 Å². The Balaban J connectivity index is 2.32. The summed E-state index contributed by atoms with van der Waals surface area (Å²) in [6, 6.07) is 5.61. The molecule has 1 amide bonds. The molecule has 0 aliphatic carbocycles. The van der Waals surface area contributed by atoms with Crippen LogP contribution in [0.2, 0.25) is 5.02 Å². The summed E-state index contributed by atoms with van der Waals surface area (Å²) in [6.45, 7) is 0.790. The molecule has 0 bridgehead atoms. The van der Waals surface area contributed by atoms with Crippen molar-refractivity contribution >= 4 is 61.7 Å². The van der Waals surface area contributed by atoms with Gasteiger partial charge in [0, 0.05) is 15.1 Å². The van der Waals surface area contributed by atoms with Crippen molar-refractivity contribution in [2.75, 3.05) is 11.4 Å². The largest absolute Gasteiger partial charge is 0.310 e. The molecule has 1 aliphatic rings. The van der Waals surface area contributed by atoms with Gasteiger partial charge in [-0.25, -0.2) is 0 Å². The van der Waals surface area contributed by atoms with Gasteiger partial charge in [-0.2, -0.15) is 0 Å². The zero-order chi connectivity index (χ0) is 11.7. The number of alkyl halides is 1. The van der Waals surface area contributed by atoms with Gasteiger partial charge in [-0.1, -0.05) is 27.5 Å². The lowest BCUT2D eigenvalue weighted by Crippen LogP contribution is -2.42. The van der Waals surface area contributed by atoms with Crippen molar-refractivity contribution in [3.63, 3.8) is 0 Å². The number of hydrogen-bond donors (Lipinski definition) is 0. The van der Waals surface area contributed by atoms with Gasteiger partial charge in [0.05, 0.1) is 10.5 Å². The van der Waals surface area contributed by atoms with Crippen LogP contribution in [0.1, 0.15) is 12.8 Å². The second-order valence-corrected chi connectivity index (χ2v) is 6.40. The predicted octanol–water partition coefficient (Wildman–Crippen LogP) is 3.83. The number of benzene rings is 1. The van der Waals surface area contributed by atoms with E-state index in [4.69, 9.17) is 11.6 Å². The number of anilines is 1. The van der Waals surface area contributed by atoms with E-state index in [2.05, 4.69) is 38.5 Å². The number of halogens is 3. The van der Waals surface area contributed by atoms with E-state index in [0.717, 1.165) is 28.6 Å². The first-order valence-electron chi connectivity index (χ1n) is 5.00. The summed E-state index contributed by atoms with van der Waals surface area (Å²) in [5.41, 5.74) is 0.958. The zero-order valence-corrected chi connectivity index (χ0v) is 12.9. The average molecular weight is 414 g/mol. The molecule has 2 nitrogen and oxygen atoms in total. The lowest BCUT2D eigenvalue weighted by Gasteiger charge is -2.30. The van der Waals surface area contributed by atoms with Gasteiger partial charge in [-0.3, -0.25) is 4.79 Å². The van der Waals surface area contributed by atoms with E-state index in [1.807, 2.05) is 23.1 Å². The van der Waals surface area contributed by atoms with E-state index >= 15 is 0 Å². The number of piperidine rings is 1. The fourth-order valence-electron chi connectivity index (χ4n) is 1.77. The Morgan fingerprint density at radius 2 is 2.25 bits per heavy atom. The molecule has 5 heteroatoms. The summed E-state index contributed by atoms with van der Waals surface area (Å²) in [6.07, 6.45) is 1.94. The first-order chi connectivity index (χ1) is 7.59. The van der Waals surface area contributed by atoms with Crippen molar-refractivity contribution in [3.8, 4) is 0 Å². The number of nitrogens with zero attached hydrogens (tertiary/aromatic N) is 1. The van der Waals surface area contributed by atoms with Crippen molar-refractivity contribution in [1.82, 2.24) is 0 Å². The van der Waals surface area contributed by atoms with Crippen molar-refractivity contribution < 1.29 is 4.79 Å². The molecule has 1 heterocycles. The summed E-state index contributed by atoms with van der Waals surface area (Å²) in [4.78, 5) is 13.8. The second-order valence-electron chi connectivity index (χ2n) is 3.70. The third-order valence-corrected chi connectivity index (χ3v) is 4.52. The molecular formula is C11H10BrClINO. The molecule has 1 aromatic rings. The van der Waals surface area contributed by atoms with E-state index < -0.39 is 0 Å². The number of carbonyl (C=O) groups excluding carboxylic acids is 1. The van der Waals surface area contributed by atoms with Crippen LogP contribution < -0.4 is 4.90 Å². The maximum atomic E-state index is 12.0. The Labute approximate surface area is 122 Å². The van der Waals surface area contributed by atoms with Gasteiger partial charge in [0.25, 0.3) is 0 Å². The van der Waals surface area contributed by atoms with Crippen molar-refractivity contribution in [2.24, 2.45) is 0 Å². The monoisotopic (exact) mass is 413 g/mol. The molecule has 0 N–H and O–H groups in total. The first-order valence-corrected chi connectivity index (χ1v) is 7.37. The Hall–Kier alpha value is 0.190. The van der Waals surface area contributed by atoms with E-state index in [9.17, 15) is 4.79 Å². The molecule has 86 valence electrons. The van der Waals surface area contributed by atoms with E-state index in [1.54, 1.807) is 0 Å². The molecule has 0 saturated carbocycles. The lowest BCUT2D eigenvalue weighted by molar-refractivity contribution is -0.118. The number of hydrogen-bond acceptors (Lipinski definition) is 1. The van der Waals surface area contributed by atoms with Crippen LogP contribution in [0.4, 0.5) is 5.69 Å². The molecular weight excluding hydrogens is 404 g/mol. The van der Waals surface area contributed by atoms with E-state index in [-0.39, 0.29) is 10.7 Å². The van der Waals surface area contributed by atoms with Gasteiger partial charge in [0.2, 0.25) is 5.91 Å². The van der Waals surface area contributed by atoms with Crippen molar-refractivity contribution in [2.45, 2.75) is 17.7 Å². The minimum atomic E-state index is -0.0484. The highest BCUT2D eigenvalue weighted by molar-refractivity contribution is 14.1. The van der Waals surface area contributed by atoms with Crippen LogP contribution in [0, 0.1) is 3.57 Å². The normalized spacial score (nSPS) is 21.3. The Morgan fingerprint density at radius 1 is 1.50 bits per heavy atom. The van der Waals surface area contributed by atoms with E-state index in [1.165, 1.54) is 0 Å². The van der Waals surface area contributed by atoms with Crippen LogP contribution >= 0.6 is 50.1 Å². The van der Waals surface area contributed by atoms with E-state index in [0.29, 0.717) is 5.02 Å². The number of carbonyl (C=O) groups is 1. The van der Waals surface area contributed by atoms with Crippen LogP contribution in [-0.2, 0) is 4.79 Å². The predicted molar refractivity (Wildman–Crippen MR) is 78.5 cm³/mol. The minimum absolute atomic E-state index is 0.0484. The summed E-state index contributed by atoms with van der Waals surface area (Å²) >= 11 is 11.5. The maximum Gasteiger partial charge on any atom is 0.240 e. The smallest absolute Gasteiger partial charge is 0.240 e. The topological polar surface area (TPSA) is 20.3 Å². The molecule has 1 aromatic carbocycles. The SMILES string of the molecule is O=C1C(Br)CCCN1c1ccc(Cl)cc1I. The van der Waals surface area contributed by atoms with Crippen molar-refractivity contribution in [3.05, 3.63) is 26.8 Å². The molecule has 1 saturated heterocycles. The Kier molecular flexibility index (Phi) is 4.13. The lowest BCUT2D eigenvalue weighted by atomic mass is 10.1. The highest BCUT2D eigenvalue weighted by Gasteiger charge is 2.28. The van der Waals surface area contributed by atoms with Gasteiger partial charge >= 0.3 is 0 Å². The molecule has 1 fully saturated rings. The summed E-state index contributed by atoms with van der Waals surface area (Å²) in [7, 11) is 0. The third kappa shape index (κ3) is 2.54. The van der Waals surface area contributed by atoms with Crippen LogP contribution in [0.3, 0.4) is 0 Å². The molecule has 1 aliphatic heterocycles. The number of amides is 1. The molecule has 16 heavy (non-hydrogen) atoms. The fourth-order valence-corrected chi connectivity index (χ4v) is 3.50. The van der Waals surface area contributed by atoms with Gasteiger partial charge in [0.15, 0.2) is 0 Å². The Morgan fingerprint density at radius 3 is 2.94 bits per heavy atom. The fraction of sp³-hybridized carbons (Fsp3) is 0.364. The molecule has 1 atom stereocenters. The summed E-state index contributed by atoms with van der Waals surface area (Å²) in [5, 5.41) is 0.702. The van der Waals surface area contributed by atoms with Crippen molar-refractivity contribution in [1.29, 1.82) is 0 Å². The molecule has 1 unspecified atom stereocenters. The molecule has 0 spiro atoms. The Bertz CT molecular complexity index is 426. The average Bonchev–Trinajstić information content (AvgIpc) is 2.23. The van der Waals surface area contributed by atoms with Crippen LogP contribution in [0.5, 0.6) is 0 Å². The molecule has 2 rings (SSSR count).